The van der Waals surface area contributed by atoms with Crippen LogP contribution in [0.4, 0.5) is 0 Å². The first-order chi connectivity index (χ1) is 13.0. The van der Waals surface area contributed by atoms with E-state index in [0.717, 1.165) is 23.1 Å². The summed E-state index contributed by atoms with van der Waals surface area (Å²) in [5.41, 5.74) is 0.759. The fourth-order valence-corrected chi connectivity index (χ4v) is 2.78. The molecule has 0 saturated heterocycles. The van der Waals surface area contributed by atoms with Crippen molar-refractivity contribution in [1.82, 2.24) is 15.5 Å². The van der Waals surface area contributed by atoms with E-state index in [1.807, 2.05) is 12.1 Å². The molecule has 0 aliphatic rings. The summed E-state index contributed by atoms with van der Waals surface area (Å²) in [4.78, 5) is 23.1. The lowest BCUT2D eigenvalue weighted by molar-refractivity contribution is -0.119. The van der Waals surface area contributed by atoms with Gasteiger partial charge in [-0.3, -0.25) is 9.59 Å². The van der Waals surface area contributed by atoms with E-state index in [-0.39, 0.29) is 29.7 Å². The Morgan fingerprint density at radius 3 is 2.59 bits per heavy atom. The molecule has 0 fully saturated rings. The monoisotopic (exact) mass is 387 g/mol. The van der Waals surface area contributed by atoms with Crippen LogP contribution in [0.5, 0.6) is 5.75 Å². The molecule has 2 heterocycles. The lowest BCUT2D eigenvalue weighted by Gasteiger charge is -1.99. The number of thioether (sulfide) groups is 1. The third-order valence-electron chi connectivity index (χ3n) is 3.52. The number of ketones is 1. The van der Waals surface area contributed by atoms with Crippen LogP contribution in [0.3, 0.4) is 0 Å². The number of hydrogen-bond donors (Lipinski definition) is 1. The zero-order valence-corrected chi connectivity index (χ0v) is 15.5. The number of furan rings is 1. The minimum atomic E-state index is -0.210. The molecule has 0 atom stereocenters. The molecule has 0 saturated carbocycles. The Morgan fingerprint density at radius 1 is 1.11 bits per heavy atom. The molecule has 140 valence electrons. The van der Waals surface area contributed by atoms with Crippen LogP contribution in [0.1, 0.15) is 23.2 Å². The minimum Gasteiger partial charge on any atom is -0.497 e. The number of hydrogen-bond acceptors (Lipinski definition) is 8. The molecule has 0 spiro atoms. The summed E-state index contributed by atoms with van der Waals surface area (Å²) in [5, 5.41) is 10.8. The Kier molecular flexibility index (Phi) is 5.92. The SMILES string of the molecule is COc1ccc(-c2nnc(SCC(=O)c3ccc(CNC(C)=O)o3)o2)cc1. The Bertz CT molecular complexity index is 933. The number of amides is 1. The van der Waals surface area contributed by atoms with Gasteiger partial charge < -0.3 is 18.9 Å². The van der Waals surface area contributed by atoms with E-state index in [1.54, 1.807) is 31.4 Å². The third kappa shape index (κ3) is 4.98. The quantitative estimate of drug-likeness (QED) is 0.464. The molecule has 1 amide bonds. The molecule has 0 unspecified atom stereocenters. The van der Waals surface area contributed by atoms with Crippen LogP contribution in [0.2, 0.25) is 0 Å². The van der Waals surface area contributed by atoms with Crippen LogP contribution in [0.15, 0.2) is 50.5 Å². The molecule has 3 rings (SSSR count). The van der Waals surface area contributed by atoms with Gasteiger partial charge in [0.25, 0.3) is 5.22 Å². The van der Waals surface area contributed by atoms with E-state index in [2.05, 4.69) is 15.5 Å². The number of nitrogens with one attached hydrogen (secondary N) is 1. The van der Waals surface area contributed by atoms with Crippen LogP contribution in [0, 0.1) is 0 Å². The number of carbonyl (C=O) groups is 2. The zero-order chi connectivity index (χ0) is 19.2. The van der Waals surface area contributed by atoms with Crippen LogP contribution >= 0.6 is 11.8 Å². The summed E-state index contributed by atoms with van der Waals surface area (Å²) >= 11 is 1.13. The maximum absolute atomic E-state index is 12.2. The largest absolute Gasteiger partial charge is 0.497 e. The van der Waals surface area contributed by atoms with Gasteiger partial charge in [0.15, 0.2) is 5.76 Å². The molecule has 0 radical (unpaired) electrons. The fourth-order valence-electron chi connectivity index (χ4n) is 2.15. The normalized spacial score (nSPS) is 10.6. The van der Waals surface area contributed by atoms with Gasteiger partial charge in [0.2, 0.25) is 17.6 Å². The second kappa shape index (κ2) is 8.54. The van der Waals surface area contributed by atoms with Crippen LogP contribution < -0.4 is 10.1 Å². The number of methoxy groups -OCH3 is 1. The van der Waals surface area contributed by atoms with Crippen molar-refractivity contribution >= 4 is 23.5 Å². The van der Waals surface area contributed by atoms with E-state index in [4.69, 9.17) is 13.6 Å². The Balaban J connectivity index is 1.56. The molecule has 3 aromatic rings. The standard InChI is InChI=1S/C18H17N3O5S/c1-11(22)19-9-14-7-8-16(25-14)15(23)10-27-18-21-20-17(26-18)12-3-5-13(24-2)6-4-12/h3-8H,9-10H2,1-2H3,(H,19,22). The molecule has 2 aromatic heterocycles. The van der Waals surface area contributed by atoms with Gasteiger partial charge in [0, 0.05) is 12.5 Å². The maximum Gasteiger partial charge on any atom is 0.277 e. The number of carbonyl (C=O) groups excluding carboxylic acids is 2. The molecular weight excluding hydrogens is 370 g/mol. The number of aromatic nitrogens is 2. The number of benzene rings is 1. The summed E-state index contributed by atoms with van der Waals surface area (Å²) in [6, 6.07) is 10.5. The first-order valence-corrected chi connectivity index (χ1v) is 9.01. The smallest absolute Gasteiger partial charge is 0.277 e. The second-order valence-corrected chi connectivity index (χ2v) is 6.42. The van der Waals surface area contributed by atoms with E-state index >= 15 is 0 Å². The summed E-state index contributed by atoms with van der Waals surface area (Å²) < 4.78 is 16.1. The Hall–Kier alpha value is -3.07. The van der Waals surface area contributed by atoms with Gasteiger partial charge in [-0.05, 0) is 36.4 Å². The van der Waals surface area contributed by atoms with Gasteiger partial charge in [-0.25, -0.2) is 0 Å². The van der Waals surface area contributed by atoms with Gasteiger partial charge in [-0.2, -0.15) is 0 Å². The summed E-state index contributed by atoms with van der Waals surface area (Å²) in [7, 11) is 1.59. The minimum absolute atomic E-state index is 0.0946. The fraction of sp³-hybridized carbons (Fsp3) is 0.222. The van der Waals surface area contributed by atoms with Gasteiger partial charge in [0.1, 0.15) is 11.5 Å². The van der Waals surface area contributed by atoms with Crippen molar-refractivity contribution < 1.29 is 23.2 Å². The van der Waals surface area contributed by atoms with E-state index in [9.17, 15) is 9.59 Å². The van der Waals surface area contributed by atoms with Crippen molar-refractivity contribution in [3.05, 3.63) is 47.9 Å². The van der Waals surface area contributed by atoms with Crippen molar-refractivity contribution in [3.63, 3.8) is 0 Å². The average Bonchev–Trinajstić information content (AvgIpc) is 3.34. The summed E-state index contributed by atoms with van der Waals surface area (Å²) in [6.45, 7) is 1.65. The topological polar surface area (TPSA) is 107 Å². The first kappa shape index (κ1) is 18.7. The Morgan fingerprint density at radius 2 is 1.89 bits per heavy atom. The molecule has 9 heteroatoms. The van der Waals surface area contributed by atoms with Crippen molar-refractivity contribution in [2.75, 3.05) is 12.9 Å². The molecule has 0 bridgehead atoms. The molecule has 0 aliphatic heterocycles. The first-order valence-electron chi connectivity index (χ1n) is 8.02. The van der Waals surface area contributed by atoms with Crippen LogP contribution in [-0.2, 0) is 11.3 Å². The van der Waals surface area contributed by atoms with Crippen LogP contribution in [-0.4, -0.2) is 34.8 Å². The van der Waals surface area contributed by atoms with Crippen molar-refractivity contribution in [1.29, 1.82) is 0 Å². The van der Waals surface area contributed by atoms with Crippen molar-refractivity contribution in [2.45, 2.75) is 18.7 Å². The van der Waals surface area contributed by atoms with E-state index < -0.39 is 0 Å². The van der Waals surface area contributed by atoms with E-state index in [0.29, 0.717) is 16.9 Å². The number of rotatable bonds is 8. The third-order valence-corrected chi connectivity index (χ3v) is 4.34. The highest BCUT2D eigenvalue weighted by Gasteiger charge is 2.15. The van der Waals surface area contributed by atoms with Gasteiger partial charge in [-0.1, -0.05) is 11.8 Å². The van der Waals surface area contributed by atoms with Crippen LogP contribution in [0.25, 0.3) is 11.5 Å². The highest BCUT2D eigenvalue weighted by molar-refractivity contribution is 7.99. The molecule has 1 aromatic carbocycles. The van der Waals surface area contributed by atoms with Gasteiger partial charge in [0.05, 0.1) is 19.4 Å². The van der Waals surface area contributed by atoms with Gasteiger partial charge >= 0.3 is 0 Å². The van der Waals surface area contributed by atoms with Crippen molar-refractivity contribution in [2.24, 2.45) is 0 Å². The molecule has 0 aliphatic carbocycles. The maximum atomic E-state index is 12.2. The molecular formula is C18H17N3O5S. The molecule has 27 heavy (non-hydrogen) atoms. The number of nitrogens with zero attached hydrogens (tertiary/aromatic N) is 2. The number of ether oxygens (including phenoxy) is 1. The predicted molar refractivity (Wildman–Crippen MR) is 97.6 cm³/mol. The molecule has 1 N–H and O–H groups in total. The second-order valence-electron chi connectivity index (χ2n) is 5.49. The highest BCUT2D eigenvalue weighted by Crippen LogP contribution is 2.25. The average molecular weight is 387 g/mol. The van der Waals surface area contributed by atoms with Gasteiger partial charge in [-0.15, -0.1) is 10.2 Å². The number of Topliss-reactive ketones (excluding diaryl/α,β-unsaturated/α-hetero) is 1. The summed E-state index contributed by atoms with van der Waals surface area (Å²) in [5.74, 6) is 1.54. The van der Waals surface area contributed by atoms with E-state index in [1.165, 1.54) is 6.92 Å². The highest BCUT2D eigenvalue weighted by atomic mass is 32.2. The predicted octanol–water partition coefficient (Wildman–Crippen LogP) is 2.95. The summed E-state index contributed by atoms with van der Waals surface area (Å²) in [6.07, 6.45) is 0. The van der Waals surface area contributed by atoms with Crippen molar-refractivity contribution in [3.8, 4) is 17.2 Å². The molecule has 8 nitrogen and oxygen atoms in total. The lowest BCUT2D eigenvalue weighted by atomic mass is 10.2. The Labute approximate surface area is 159 Å². The zero-order valence-electron chi connectivity index (χ0n) is 14.7. The lowest BCUT2D eigenvalue weighted by Crippen LogP contribution is -2.18.